The third kappa shape index (κ3) is 3.45. The van der Waals surface area contributed by atoms with Crippen LogP contribution in [0.1, 0.15) is 34.3 Å². The smallest absolute Gasteiger partial charge is 0.253 e. The molecule has 0 saturated carbocycles. The first kappa shape index (κ1) is 16.3. The number of carbonyl (C=O) groups excluding carboxylic acids is 1. The third-order valence-corrected chi connectivity index (χ3v) is 5.45. The van der Waals surface area contributed by atoms with Crippen molar-refractivity contribution in [3.8, 4) is 0 Å². The Balaban J connectivity index is 1.44. The molecule has 130 valence electrons. The molecule has 0 aliphatic carbocycles. The lowest BCUT2D eigenvalue weighted by atomic mass is 9.96. The van der Waals surface area contributed by atoms with Crippen LogP contribution in [0.5, 0.6) is 0 Å². The number of carbonyl (C=O) groups is 1. The van der Waals surface area contributed by atoms with Crippen LogP contribution < -0.4 is 0 Å². The van der Waals surface area contributed by atoms with Crippen molar-refractivity contribution in [1.29, 1.82) is 0 Å². The van der Waals surface area contributed by atoms with E-state index in [4.69, 9.17) is 0 Å². The molecule has 0 N–H and O–H groups in total. The number of benzene rings is 2. The summed E-state index contributed by atoms with van der Waals surface area (Å²) >= 11 is 0. The van der Waals surface area contributed by atoms with Gasteiger partial charge in [0.15, 0.2) is 0 Å². The molecule has 1 amide bonds. The van der Waals surface area contributed by atoms with Crippen molar-refractivity contribution in [1.82, 2.24) is 9.80 Å². The summed E-state index contributed by atoms with van der Waals surface area (Å²) in [5.74, 6) is -0.290. The van der Waals surface area contributed by atoms with Crippen molar-refractivity contribution in [3.63, 3.8) is 0 Å². The Kier molecular flexibility index (Phi) is 4.53. The van der Waals surface area contributed by atoms with Gasteiger partial charge in [-0.1, -0.05) is 24.3 Å². The molecule has 0 bridgehead atoms. The van der Waals surface area contributed by atoms with Gasteiger partial charge in [0, 0.05) is 37.8 Å². The lowest BCUT2D eigenvalue weighted by molar-refractivity contribution is 0.0549. The molecule has 1 saturated heterocycles. The van der Waals surface area contributed by atoms with Crippen molar-refractivity contribution in [2.75, 3.05) is 19.6 Å². The largest absolute Gasteiger partial charge is 0.337 e. The van der Waals surface area contributed by atoms with Crippen LogP contribution in [-0.4, -0.2) is 41.4 Å². The average molecular weight is 338 g/mol. The van der Waals surface area contributed by atoms with E-state index in [2.05, 4.69) is 29.2 Å². The molecule has 3 nitrogen and oxygen atoms in total. The van der Waals surface area contributed by atoms with Gasteiger partial charge in [0.1, 0.15) is 5.82 Å². The monoisotopic (exact) mass is 338 g/mol. The highest BCUT2D eigenvalue weighted by Gasteiger charge is 2.30. The highest BCUT2D eigenvalue weighted by atomic mass is 19.1. The molecule has 2 aromatic carbocycles. The number of hydrogen-bond acceptors (Lipinski definition) is 2. The molecule has 0 radical (unpaired) electrons. The fraction of sp³-hybridized carbons (Fsp3) is 0.381. The number of amides is 1. The lowest BCUT2D eigenvalue weighted by Gasteiger charge is -2.41. The van der Waals surface area contributed by atoms with E-state index in [1.165, 1.54) is 23.3 Å². The minimum atomic E-state index is -0.306. The highest BCUT2D eigenvalue weighted by Crippen LogP contribution is 2.25. The molecule has 0 aromatic heterocycles. The van der Waals surface area contributed by atoms with E-state index < -0.39 is 0 Å². The van der Waals surface area contributed by atoms with Gasteiger partial charge in [0.25, 0.3) is 5.91 Å². The molecule has 4 heteroatoms. The number of piperidine rings is 1. The molecule has 2 aliphatic heterocycles. The second-order valence-electron chi connectivity index (χ2n) is 7.04. The fourth-order valence-electron chi connectivity index (χ4n) is 4.04. The van der Waals surface area contributed by atoms with Gasteiger partial charge in [0.05, 0.1) is 0 Å². The van der Waals surface area contributed by atoms with Crippen molar-refractivity contribution in [2.24, 2.45) is 0 Å². The van der Waals surface area contributed by atoms with E-state index in [9.17, 15) is 9.18 Å². The van der Waals surface area contributed by atoms with E-state index in [1.54, 1.807) is 12.1 Å². The van der Waals surface area contributed by atoms with Gasteiger partial charge in [-0.15, -0.1) is 0 Å². The van der Waals surface area contributed by atoms with Crippen molar-refractivity contribution < 1.29 is 9.18 Å². The van der Waals surface area contributed by atoms with Crippen LogP contribution in [0.2, 0.25) is 0 Å². The Morgan fingerprint density at radius 3 is 2.56 bits per heavy atom. The molecular formula is C21H23FN2O. The first-order chi connectivity index (χ1) is 12.2. The maximum atomic E-state index is 13.1. The number of fused-ring (bicyclic) bond motifs is 1. The Bertz CT molecular complexity index is 759. The first-order valence-corrected chi connectivity index (χ1v) is 9.06. The highest BCUT2D eigenvalue weighted by molar-refractivity contribution is 5.94. The molecule has 1 atom stereocenters. The summed E-state index contributed by atoms with van der Waals surface area (Å²) in [7, 11) is 0. The molecule has 1 fully saturated rings. The number of rotatable bonds is 2. The van der Waals surface area contributed by atoms with E-state index >= 15 is 0 Å². The van der Waals surface area contributed by atoms with E-state index in [0.717, 1.165) is 45.4 Å². The van der Waals surface area contributed by atoms with Crippen LogP contribution >= 0.6 is 0 Å². The Morgan fingerprint density at radius 1 is 1.00 bits per heavy atom. The van der Waals surface area contributed by atoms with Crippen LogP contribution in [0.15, 0.2) is 48.5 Å². The van der Waals surface area contributed by atoms with E-state index in [1.807, 2.05) is 4.90 Å². The maximum absolute atomic E-state index is 13.1. The SMILES string of the molecule is O=C(c1ccc(F)cc1)N1CCC[C@H](N2CCc3ccccc3C2)C1. The van der Waals surface area contributed by atoms with Crippen LogP contribution in [0.25, 0.3) is 0 Å². The molecule has 0 spiro atoms. The zero-order valence-corrected chi connectivity index (χ0v) is 14.3. The number of halogens is 1. The predicted octanol–water partition coefficient (Wildman–Crippen LogP) is 3.49. The van der Waals surface area contributed by atoms with Crippen molar-refractivity contribution in [2.45, 2.75) is 31.8 Å². The number of nitrogens with zero attached hydrogens (tertiary/aromatic N) is 2. The summed E-state index contributed by atoms with van der Waals surface area (Å²) in [6, 6.07) is 14.9. The number of hydrogen-bond donors (Lipinski definition) is 0. The van der Waals surface area contributed by atoms with Gasteiger partial charge in [-0.05, 0) is 54.7 Å². The fourth-order valence-corrected chi connectivity index (χ4v) is 4.04. The first-order valence-electron chi connectivity index (χ1n) is 9.06. The third-order valence-electron chi connectivity index (χ3n) is 5.45. The molecule has 2 aromatic rings. The van der Waals surface area contributed by atoms with Crippen molar-refractivity contribution >= 4 is 5.91 Å². The van der Waals surface area contributed by atoms with Gasteiger partial charge in [-0.2, -0.15) is 0 Å². The second kappa shape index (κ2) is 6.96. The molecular weight excluding hydrogens is 315 g/mol. The zero-order chi connectivity index (χ0) is 17.2. The Morgan fingerprint density at radius 2 is 1.76 bits per heavy atom. The summed E-state index contributed by atoms with van der Waals surface area (Å²) < 4.78 is 13.1. The Hall–Kier alpha value is -2.20. The number of likely N-dealkylation sites (tertiary alicyclic amines) is 1. The minimum Gasteiger partial charge on any atom is -0.337 e. The van der Waals surface area contributed by atoms with Crippen LogP contribution in [0.4, 0.5) is 4.39 Å². The quantitative estimate of drug-likeness (QED) is 0.837. The normalized spacial score (nSPS) is 21.0. The summed E-state index contributed by atoms with van der Waals surface area (Å²) in [5, 5.41) is 0. The second-order valence-corrected chi connectivity index (χ2v) is 7.04. The average Bonchev–Trinajstić information content (AvgIpc) is 2.68. The maximum Gasteiger partial charge on any atom is 0.253 e. The standard InChI is InChI=1S/C21H23FN2O/c22-19-9-7-17(8-10-19)21(25)24-12-3-6-20(15-24)23-13-11-16-4-1-2-5-18(16)14-23/h1-2,4-5,7-10,20H,3,6,11-15H2/t20-/m0/s1. The van der Waals surface area contributed by atoms with Gasteiger partial charge in [-0.25, -0.2) is 4.39 Å². The van der Waals surface area contributed by atoms with Crippen LogP contribution in [0.3, 0.4) is 0 Å². The van der Waals surface area contributed by atoms with Gasteiger partial charge >= 0.3 is 0 Å². The van der Waals surface area contributed by atoms with Gasteiger partial charge < -0.3 is 4.90 Å². The zero-order valence-electron chi connectivity index (χ0n) is 14.3. The van der Waals surface area contributed by atoms with Crippen LogP contribution in [0, 0.1) is 5.82 Å². The van der Waals surface area contributed by atoms with E-state index in [-0.39, 0.29) is 11.7 Å². The topological polar surface area (TPSA) is 23.6 Å². The lowest BCUT2D eigenvalue weighted by Crippen LogP contribution is -2.51. The van der Waals surface area contributed by atoms with Gasteiger partial charge in [-0.3, -0.25) is 9.69 Å². The van der Waals surface area contributed by atoms with Crippen LogP contribution in [-0.2, 0) is 13.0 Å². The van der Waals surface area contributed by atoms with Crippen molar-refractivity contribution in [3.05, 3.63) is 71.0 Å². The predicted molar refractivity (Wildman–Crippen MR) is 95.9 cm³/mol. The van der Waals surface area contributed by atoms with E-state index in [0.29, 0.717) is 11.6 Å². The van der Waals surface area contributed by atoms with Gasteiger partial charge in [0.2, 0.25) is 0 Å². The molecule has 2 aliphatic rings. The molecule has 4 rings (SSSR count). The Labute approximate surface area is 148 Å². The summed E-state index contributed by atoms with van der Waals surface area (Å²) in [6.07, 6.45) is 3.24. The molecule has 25 heavy (non-hydrogen) atoms. The minimum absolute atomic E-state index is 0.0158. The summed E-state index contributed by atoms with van der Waals surface area (Å²) in [4.78, 5) is 17.2. The summed E-state index contributed by atoms with van der Waals surface area (Å²) in [5.41, 5.74) is 3.44. The summed E-state index contributed by atoms with van der Waals surface area (Å²) in [6.45, 7) is 3.58. The molecule has 2 heterocycles. The molecule has 0 unspecified atom stereocenters.